The minimum atomic E-state index is -1.25. The third-order valence-electron chi connectivity index (χ3n) is 10.4. The molecule has 4 heterocycles. The van der Waals surface area contributed by atoms with Gasteiger partial charge in [-0.15, -0.1) is 0 Å². The second-order valence-electron chi connectivity index (χ2n) is 13.7. The minimum absolute atomic E-state index is 0.0457. The first-order valence-electron chi connectivity index (χ1n) is 18.0. The summed E-state index contributed by atoms with van der Waals surface area (Å²) in [6.45, 7) is 4.43. The molecular formula is C35H49N7O7. The molecule has 4 saturated heterocycles. The summed E-state index contributed by atoms with van der Waals surface area (Å²) in [4.78, 5) is 100. The van der Waals surface area contributed by atoms with E-state index in [1.54, 1.807) is 31.2 Å². The molecule has 1 aromatic rings. The Morgan fingerprint density at radius 1 is 0.816 bits per heavy atom. The Bertz CT molecular complexity index is 1480. The van der Waals surface area contributed by atoms with Crippen LogP contribution in [0.4, 0.5) is 0 Å². The molecule has 7 atom stereocenters. The van der Waals surface area contributed by atoms with Crippen molar-refractivity contribution in [2.45, 2.75) is 114 Å². The number of rotatable bonds is 5. The Morgan fingerprint density at radius 2 is 1.39 bits per heavy atom. The second-order valence-corrected chi connectivity index (χ2v) is 13.7. The van der Waals surface area contributed by atoms with Crippen LogP contribution < -0.4 is 21.7 Å². The molecule has 0 radical (unpaired) electrons. The van der Waals surface area contributed by atoms with Crippen molar-refractivity contribution in [3.05, 3.63) is 35.9 Å². The van der Waals surface area contributed by atoms with Crippen LogP contribution in [0.5, 0.6) is 0 Å². The average Bonchev–Trinajstić information content (AvgIpc) is 3.90. The van der Waals surface area contributed by atoms with Crippen molar-refractivity contribution >= 4 is 41.4 Å². The molecule has 4 aliphatic rings. The maximum absolute atomic E-state index is 14.4. The van der Waals surface area contributed by atoms with Crippen molar-refractivity contribution in [1.82, 2.24) is 30.6 Å². The van der Waals surface area contributed by atoms with Gasteiger partial charge >= 0.3 is 0 Å². The summed E-state index contributed by atoms with van der Waals surface area (Å²) >= 11 is 0. The van der Waals surface area contributed by atoms with E-state index >= 15 is 0 Å². The lowest BCUT2D eigenvalue weighted by atomic mass is 9.96. The Balaban J connectivity index is 1.53. The van der Waals surface area contributed by atoms with Crippen LogP contribution in [0.2, 0.25) is 1.41 Å². The maximum atomic E-state index is 14.4. The highest BCUT2D eigenvalue weighted by molar-refractivity contribution is 5.98. The molecule has 0 aromatic heterocycles. The lowest BCUT2D eigenvalue weighted by Gasteiger charge is -2.35. The number of primary amides is 1. The van der Waals surface area contributed by atoms with Crippen LogP contribution in [0.1, 0.15) is 77.2 Å². The topological polar surface area (TPSA) is 191 Å². The van der Waals surface area contributed by atoms with E-state index in [0.29, 0.717) is 50.3 Å². The summed E-state index contributed by atoms with van der Waals surface area (Å²) in [5.41, 5.74) is 6.37. The molecule has 0 spiro atoms. The van der Waals surface area contributed by atoms with Crippen molar-refractivity contribution in [3.8, 4) is 0 Å². The molecule has 0 aliphatic carbocycles. The lowest BCUT2D eigenvalue weighted by Crippen LogP contribution is -2.60. The summed E-state index contributed by atoms with van der Waals surface area (Å²) < 4.78 is 9.10. The highest BCUT2D eigenvalue weighted by Crippen LogP contribution is 2.27. The van der Waals surface area contributed by atoms with Gasteiger partial charge in [-0.3, -0.25) is 33.6 Å². The highest BCUT2D eigenvalue weighted by Gasteiger charge is 2.45. The standard InChI is InChI=1S/C35H49N7O7/c1-3-21(2)29-35(49)42-19-9-14-27(42)34(48)41-18-8-13-26(41)33(47)37-23(30(36)44)15-16-28(43)40-17-7-12-25(40)32(46)38-24(31(45)39-29)20-22-10-5-4-6-11-22/h4-6,10-11,21,23-27,29H,3,7-9,12-20H2,1-2H3,(H2,36,44)(H,37,47)(H,38,46)(H,39,45)/t21-,23+,24+,25-,26-,27-,29-/m0/s1/i/hD. The van der Waals surface area contributed by atoms with E-state index in [-0.39, 0.29) is 38.9 Å². The maximum Gasteiger partial charge on any atom is 0.246 e. The Labute approximate surface area is 288 Å². The number of nitrogens with one attached hydrogen (secondary N) is 3. The zero-order valence-electron chi connectivity index (χ0n) is 29.3. The number of hydrogen-bond acceptors (Lipinski definition) is 7. The van der Waals surface area contributed by atoms with E-state index in [2.05, 4.69) is 10.6 Å². The first kappa shape index (κ1) is 34.4. The second kappa shape index (κ2) is 15.8. The SMILES string of the molecule is [2H]N1C(=O)[C@@H](Cc2ccccc2)NC(=O)[C@@H]2CCCN2C(=O)CC[C@H](C(N)=O)NC(=O)[C@@H]2CCCN2C(=O)[C@@H]2CCCN2C(=O)[C@@H]1[C@@H](C)CC. The van der Waals surface area contributed by atoms with Gasteiger partial charge in [0, 0.05) is 32.5 Å². The van der Waals surface area contributed by atoms with Crippen LogP contribution in [0.25, 0.3) is 0 Å². The van der Waals surface area contributed by atoms with Crippen molar-refractivity contribution in [3.63, 3.8) is 0 Å². The molecule has 0 unspecified atom stereocenters. The number of fused-ring (bicyclic) bond motifs is 3. The predicted molar refractivity (Wildman–Crippen MR) is 178 cm³/mol. The van der Waals surface area contributed by atoms with Gasteiger partial charge in [0.2, 0.25) is 41.4 Å². The molecule has 14 heteroatoms. The molecule has 266 valence electrons. The first-order valence-corrected chi connectivity index (χ1v) is 17.6. The van der Waals surface area contributed by atoms with Gasteiger partial charge in [0.1, 0.15) is 36.3 Å². The van der Waals surface area contributed by atoms with Crippen molar-refractivity contribution < 1.29 is 35.0 Å². The van der Waals surface area contributed by atoms with Gasteiger partial charge in [0.25, 0.3) is 0 Å². The van der Waals surface area contributed by atoms with E-state index in [1.807, 2.05) is 13.0 Å². The molecule has 49 heavy (non-hydrogen) atoms. The van der Waals surface area contributed by atoms with Crippen LogP contribution in [0, 0.1) is 5.92 Å². The van der Waals surface area contributed by atoms with Gasteiger partial charge in [-0.25, -0.2) is 0 Å². The zero-order valence-corrected chi connectivity index (χ0v) is 28.3. The summed E-state index contributed by atoms with van der Waals surface area (Å²) in [6.07, 6.45) is 2.87. The fourth-order valence-electron chi connectivity index (χ4n) is 7.45. The molecule has 7 amide bonds. The molecule has 4 fully saturated rings. The lowest BCUT2D eigenvalue weighted by molar-refractivity contribution is -0.149. The van der Waals surface area contributed by atoms with Crippen LogP contribution in [-0.2, 0) is 40.0 Å². The Morgan fingerprint density at radius 3 is 2.02 bits per heavy atom. The van der Waals surface area contributed by atoms with E-state index in [1.165, 1.54) is 14.7 Å². The van der Waals surface area contributed by atoms with E-state index in [9.17, 15) is 33.6 Å². The van der Waals surface area contributed by atoms with E-state index < -0.39 is 83.5 Å². The van der Waals surface area contributed by atoms with Gasteiger partial charge in [-0.05, 0) is 56.4 Å². The summed E-state index contributed by atoms with van der Waals surface area (Å²) in [6, 6.07) is 2.68. The van der Waals surface area contributed by atoms with Crippen molar-refractivity contribution in [2.24, 2.45) is 11.7 Å². The number of amides is 7. The van der Waals surface area contributed by atoms with Crippen molar-refractivity contribution in [2.75, 3.05) is 19.6 Å². The zero-order chi connectivity index (χ0) is 36.1. The van der Waals surface area contributed by atoms with E-state index in [0.717, 1.165) is 5.56 Å². The number of carbonyl (C=O) groups is 7. The molecule has 5 rings (SSSR count). The third-order valence-corrected chi connectivity index (χ3v) is 10.4. The average molecular weight is 681 g/mol. The number of hydrogen-bond donors (Lipinski definition) is 4. The number of nitrogens with two attached hydrogens (primary N) is 1. The first-order chi connectivity index (χ1) is 23.9. The molecule has 14 nitrogen and oxygen atoms in total. The third kappa shape index (κ3) is 8.05. The fourth-order valence-corrected chi connectivity index (χ4v) is 7.45. The number of benzene rings is 1. The Hall–Kier alpha value is -4.49. The van der Waals surface area contributed by atoms with Crippen LogP contribution in [-0.4, -0.2) is 112 Å². The van der Waals surface area contributed by atoms with Gasteiger partial charge < -0.3 is 36.4 Å². The molecule has 5 N–H and O–H groups in total. The largest absolute Gasteiger partial charge is 0.368 e. The number of carbonyl (C=O) groups excluding carboxylic acids is 7. The molecule has 1 aromatic carbocycles. The minimum Gasteiger partial charge on any atom is -0.368 e. The smallest absolute Gasteiger partial charge is 0.246 e. The van der Waals surface area contributed by atoms with Crippen LogP contribution >= 0.6 is 0 Å². The van der Waals surface area contributed by atoms with Crippen molar-refractivity contribution in [1.29, 1.82) is 0 Å². The van der Waals surface area contributed by atoms with Gasteiger partial charge in [-0.1, -0.05) is 50.6 Å². The van der Waals surface area contributed by atoms with Gasteiger partial charge in [0.15, 0.2) is 1.41 Å². The molecule has 0 saturated carbocycles. The van der Waals surface area contributed by atoms with Crippen LogP contribution in [0.3, 0.4) is 0 Å². The number of nitrogens with zero attached hydrogens (tertiary/aromatic N) is 3. The highest BCUT2D eigenvalue weighted by atomic mass is 16.2. The van der Waals surface area contributed by atoms with Gasteiger partial charge in [0.05, 0.1) is 0 Å². The van der Waals surface area contributed by atoms with Crippen LogP contribution in [0.15, 0.2) is 30.3 Å². The summed E-state index contributed by atoms with van der Waals surface area (Å²) in [5, 5.41) is 6.12. The quantitative estimate of drug-likeness (QED) is 0.336. The summed E-state index contributed by atoms with van der Waals surface area (Å²) in [7, 11) is 0. The predicted octanol–water partition coefficient (Wildman–Crippen LogP) is -0.0183. The molecule has 4 aliphatic heterocycles. The Kier molecular flexibility index (Phi) is 11.1. The molecular weight excluding hydrogens is 630 g/mol. The fraction of sp³-hybridized carbons (Fsp3) is 0.629. The van der Waals surface area contributed by atoms with E-state index in [4.69, 9.17) is 7.15 Å². The van der Waals surface area contributed by atoms with Gasteiger partial charge in [-0.2, -0.15) is 0 Å². The normalized spacial score (nSPS) is 30.3. The summed E-state index contributed by atoms with van der Waals surface area (Å²) in [5.74, 6) is -4.57. The monoisotopic (exact) mass is 680 g/mol. The molecule has 0 bridgehead atoms.